The summed E-state index contributed by atoms with van der Waals surface area (Å²) in [5, 5.41) is 14.4. The van der Waals surface area contributed by atoms with Crippen molar-refractivity contribution in [3.63, 3.8) is 0 Å². The highest BCUT2D eigenvalue weighted by Crippen LogP contribution is 2.35. The Morgan fingerprint density at radius 1 is 1.22 bits per heavy atom. The van der Waals surface area contributed by atoms with Gasteiger partial charge in [-0.1, -0.05) is 0 Å². The van der Waals surface area contributed by atoms with Gasteiger partial charge in [-0.15, -0.1) is 11.3 Å². The summed E-state index contributed by atoms with van der Waals surface area (Å²) >= 11 is 1.18. The van der Waals surface area contributed by atoms with Gasteiger partial charge in [-0.25, -0.2) is 24.7 Å². The quantitative estimate of drug-likeness (QED) is 0.327. The topological polar surface area (TPSA) is 153 Å². The van der Waals surface area contributed by atoms with Gasteiger partial charge < -0.3 is 19.9 Å². The van der Waals surface area contributed by atoms with E-state index in [1.165, 1.54) is 53.2 Å². The third-order valence-electron chi connectivity index (χ3n) is 6.83. The lowest BCUT2D eigenvalue weighted by Crippen LogP contribution is -2.42. The first-order chi connectivity index (χ1) is 19.4. The molecular formula is C24H26F3N9O4S. The van der Waals surface area contributed by atoms with E-state index in [2.05, 4.69) is 25.3 Å². The zero-order valence-corrected chi connectivity index (χ0v) is 23.0. The molecule has 0 aliphatic carbocycles. The molecule has 41 heavy (non-hydrogen) atoms. The smallest absolute Gasteiger partial charge is 0.392 e. The molecule has 1 saturated heterocycles. The van der Waals surface area contributed by atoms with Crippen LogP contribution in [-0.2, 0) is 18.4 Å². The van der Waals surface area contributed by atoms with Crippen LogP contribution in [-0.4, -0.2) is 69.5 Å². The lowest BCUT2D eigenvalue weighted by atomic mass is 10.2. The Morgan fingerprint density at radius 2 is 1.93 bits per heavy atom. The van der Waals surface area contributed by atoms with Crippen molar-refractivity contribution in [1.29, 1.82) is 0 Å². The van der Waals surface area contributed by atoms with E-state index >= 15 is 0 Å². The second-order valence-electron chi connectivity index (χ2n) is 9.80. The average Bonchev–Trinajstić information content (AvgIpc) is 3.69. The number of carbonyl (C=O) groups excluding carboxylic acids is 1. The highest BCUT2D eigenvalue weighted by Gasteiger charge is 2.46. The van der Waals surface area contributed by atoms with Gasteiger partial charge in [0, 0.05) is 36.9 Å². The van der Waals surface area contributed by atoms with Crippen LogP contribution < -0.4 is 21.5 Å². The van der Waals surface area contributed by atoms with E-state index in [-0.39, 0.29) is 42.4 Å². The molecule has 5 heterocycles. The third kappa shape index (κ3) is 5.33. The van der Waals surface area contributed by atoms with Gasteiger partial charge in [-0.3, -0.25) is 18.7 Å². The molecule has 0 bridgehead atoms. The van der Waals surface area contributed by atoms with Crippen molar-refractivity contribution in [2.45, 2.75) is 57.6 Å². The molecule has 1 fully saturated rings. The molecule has 17 heteroatoms. The number of aromatic nitrogens is 7. The lowest BCUT2D eigenvalue weighted by molar-refractivity contribution is -0.146. The van der Waals surface area contributed by atoms with Crippen LogP contribution in [0.3, 0.4) is 0 Å². The first-order valence-corrected chi connectivity index (χ1v) is 13.5. The number of anilines is 2. The molecule has 5 rings (SSSR count). The molecule has 1 aliphatic rings. The number of nitrogens with one attached hydrogen (secondary N) is 1. The van der Waals surface area contributed by atoms with E-state index in [0.29, 0.717) is 17.0 Å². The van der Waals surface area contributed by atoms with Crippen LogP contribution in [0, 0.1) is 0 Å². The first kappa shape index (κ1) is 28.4. The summed E-state index contributed by atoms with van der Waals surface area (Å²) in [7, 11) is 1.44. The van der Waals surface area contributed by atoms with Gasteiger partial charge in [0.15, 0.2) is 11.2 Å². The number of imidazole rings is 1. The van der Waals surface area contributed by atoms with Gasteiger partial charge >= 0.3 is 11.9 Å². The maximum absolute atomic E-state index is 13.3. The largest absolute Gasteiger partial charge is 0.408 e. The van der Waals surface area contributed by atoms with E-state index in [4.69, 9.17) is 0 Å². The number of halogens is 3. The van der Waals surface area contributed by atoms with Gasteiger partial charge in [-0.05, 0) is 26.7 Å². The Kier molecular flexibility index (Phi) is 7.41. The molecule has 218 valence electrons. The SMILES string of the molecule is CC(O)Cn1c(=O)c2c(ncn2[C@@H](C)C(=O)Nc2csc(-c3cnc(N4CCC[C@H]4C(F)(F)F)nc3)n2)n(C)c1=O. The summed E-state index contributed by atoms with van der Waals surface area (Å²) in [5.41, 5.74) is -0.738. The molecule has 1 amide bonds. The lowest BCUT2D eigenvalue weighted by Gasteiger charge is -2.26. The second kappa shape index (κ2) is 10.7. The summed E-state index contributed by atoms with van der Waals surface area (Å²) in [6, 6.07) is -2.55. The molecule has 2 N–H and O–H groups in total. The van der Waals surface area contributed by atoms with Crippen molar-refractivity contribution < 1.29 is 23.1 Å². The number of nitrogens with zero attached hydrogens (tertiary/aromatic N) is 8. The van der Waals surface area contributed by atoms with Crippen molar-refractivity contribution >= 4 is 40.2 Å². The zero-order valence-electron chi connectivity index (χ0n) is 22.2. The number of hydrogen-bond donors (Lipinski definition) is 2. The number of aliphatic hydroxyl groups excluding tert-OH is 1. The number of amides is 1. The van der Waals surface area contributed by atoms with Gasteiger partial charge in [-0.2, -0.15) is 13.2 Å². The van der Waals surface area contributed by atoms with Crippen molar-refractivity contribution in [2.75, 3.05) is 16.8 Å². The van der Waals surface area contributed by atoms with Gasteiger partial charge in [0.25, 0.3) is 5.56 Å². The van der Waals surface area contributed by atoms with Gasteiger partial charge in [0.2, 0.25) is 11.9 Å². The summed E-state index contributed by atoms with van der Waals surface area (Å²) in [6.45, 7) is 2.99. The van der Waals surface area contributed by atoms with Crippen molar-refractivity contribution in [3.05, 3.63) is 44.9 Å². The predicted octanol–water partition coefficient (Wildman–Crippen LogP) is 1.92. The standard InChI is InChI=1S/C24H26F3N9O4S/c1-12(37)9-35-21(39)17-18(33(3)23(35)40)30-11-36(17)13(2)19(38)31-16-10-41-20(32-16)14-7-28-22(29-8-14)34-6-4-5-15(34)24(25,26)27/h7-8,10-13,15,37H,4-6,9H2,1-3H3,(H,31,38)/t12?,13-,15-/m0/s1. The molecule has 0 saturated carbocycles. The van der Waals surface area contributed by atoms with E-state index in [0.717, 1.165) is 9.47 Å². The average molecular weight is 594 g/mol. The number of alkyl halides is 3. The first-order valence-electron chi connectivity index (χ1n) is 12.6. The minimum atomic E-state index is -4.37. The van der Waals surface area contributed by atoms with Gasteiger partial charge in [0.05, 0.1) is 19.0 Å². The molecule has 3 atom stereocenters. The van der Waals surface area contributed by atoms with E-state index in [1.54, 1.807) is 12.3 Å². The van der Waals surface area contributed by atoms with Crippen LogP contribution in [0.25, 0.3) is 21.7 Å². The van der Waals surface area contributed by atoms with E-state index in [9.17, 15) is 32.7 Å². The second-order valence-corrected chi connectivity index (χ2v) is 10.7. The number of carbonyl (C=O) groups is 1. The van der Waals surface area contributed by atoms with Crippen molar-refractivity contribution in [1.82, 2.24) is 33.6 Å². The fourth-order valence-electron chi connectivity index (χ4n) is 4.76. The highest BCUT2D eigenvalue weighted by molar-refractivity contribution is 7.13. The molecule has 1 unspecified atom stereocenters. The third-order valence-corrected chi connectivity index (χ3v) is 7.72. The summed E-state index contributed by atoms with van der Waals surface area (Å²) in [4.78, 5) is 56.7. The molecule has 0 radical (unpaired) electrons. The molecule has 13 nitrogen and oxygen atoms in total. The van der Waals surface area contributed by atoms with Crippen LogP contribution in [0.1, 0.15) is 32.7 Å². The Bertz CT molecular complexity index is 1710. The monoisotopic (exact) mass is 593 g/mol. The Morgan fingerprint density at radius 3 is 2.59 bits per heavy atom. The predicted molar refractivity (Wildman–Crippen MR) is 144 cm³/mol. The number of rotatable bonds is 7. The number of aliphatic hydroxyl groups is 1. The Balaban J connectivity index is 1.34. The summed E-state index contributed by atoms with van der Waals surface area (Å²) in [5.74, 6) is -0.314. The maximum atomic E-state index is 13.3. The fourth-order valence-corrected chi connectivity index (χ4v) is 5.48. The molecule has 1 aliphatic heterocycles. The Labute approximate surface area is 233 Å². The minimum absolute atomic E-state index is 0.00639. The zero-order chi connectivity index (χ0) is 29.6. The van der Waals surface area contributed by atoms with Crippen LogP contribution in [0.4, 0.5) is 24.9 Å². The molecule has 4 aromatic heterocycles. The number of fused-ring (bicyclic) bond motifs is 1. The van der Waals surface area contributed by atoms with E-state index < -0.39 is 41.5 Å². The van der Waals surface area contributed by atoms with Gasteiger partial charge in [0.1, 0.15) is 22.9 Å². The summed E-state index contributed by atoms with van der Waals surface area (Å²) in [6.07, 6.45) is -0.860. The summed E-state index contributed by atoms with van der Waals surface area (Å²) < 4.78 is 43.3. The van der Waals surface area contributed by atoms with Crippen molar-refractivity contribution in [3.8, 4) is 10.6 Å². The fraction of sp³-hybridized carbons (Fsp3) is 0.458. The highest BCUT2D eigenvalue weighted by atomic mass is 32.1. The normalized spacial score (nSPS) is 17.2. The maximum Gasteiger partial charge on any atom is 0.408 e. The number of thiazole rings is 1. The molecular weight excluding hydrogens is 567 g/mol. The van der Waals surface area contributed by atoms with Crippen LogP contribution in [0.5, 0.6) is 0 Å². The van der Waals surface area contributed by atoms with Crippen molar-refractivity contribution in [2.24, 2.45) is 7.05 Å². The van der Waals surface area contributed by atoms with Crippen LogP contribution >= 0.6 is 11.3 Å². The van der Waals surface area contributed by atoms with Crippen LogP contribution in [0.15, 0.2) is 33.7 Å². The molecule has 4 aromatic rings. The van der Waals surface area contributed by atoms with Crippen LogP contribution in [0.2, 0.25) is 0 Å². The molecule has 0 spiro atoms. The number of hydrogen-bond acceptors (Lipinski definition) is 10. The van der Waals surface area contributed by atoms with E-state index in [1.807, 2.05) is 0 Å². The minimum Gasteiger partial charge on any atom is -0.392 e. The Hall–Kier alpha value is -4.12. The number of aryl methyl sites for hydroxylation is 1. The molecule has 0 aromatic carbocycles.